The topological polar surface area (TPSA) is 51.2 Å². The van der Waals surface area contributed by atoms with Crippen LogP contribution in [-0.2, 0) is 18.6 Å². The summed E-state index contributed by atoms with van der Waals surface area (Å²) in [5, 5.41) is 0. The first-order valence-electron chi connectivity index (χ1n) is 8.78. The fraction of sp³-hybridized carbons (Fsp3) is 1.00. The van der Waals surface area contributed by atoms with E-state index in [4.69, 9.17) is 14.0 Å². The van der Waals surface area contributed by atoms with Crippen LogP contribution in [0.2, 0.25) is 0 Å². The molecule has 16 heteroatoms. The van der Waals surface area contributed by atoms with Crippen molar-refractivity contribution in [3.8, 4) is 0 Å². The number of nitrogens with zero attached hydrogens (tertiary/aromatic N) is 2. The van der Waals surface area contributed by atoms with Crippen LogP contribution in [0.4, 0.5) is 39.5 Å². The Hall–Kier alpha value is -0.600. The van der Waals surface area contributed by atoms with E-state index in [0.29, 0.717) is 0 Å². The van der Waals surface area contributed by atoms with E-state index in [1.165, 1.54) is 9.34 Å². The molecule has 0 unspecified atom stereocenters. The van der Waals surface area contributed by atoms with Crippen molar-refractivity contribution in [2.45, 2.75) is 30.4 Å². The second-order valence-electron chi connectivity index (χ2n) is 6.56. The molecule has 2 rings (SSSR count). The van der Waals surface area contributed by atoms with E-state index in [1.54, 1.807) is 0 Å². The van der Waals surface area contributed by atoms with Gasteiger partial charge in [0.05, 0.1) is 33.0 Å². The smallest absolute Gasteiger partial charge is 0.379 e. The summed E-state index contributed by atoms with van der Waals surface area (Å²) < 4.78 is 148. The highest BCUT2D eigenvalue weighted by Gasteiger charge is 2.81. The molecule has 0 saturated carbocycles. The standard InChI is InChI=1S/C14H20F9N2O4P/c15-11(16,12(17,18)13(19,20)14(21,22)23)1-6-29-30(26,24-2-7-27-8-3-24)25-4-9-28-10-5-25/h1-10H2. The molecule has 2 aliphatic rings. The average molecular weight is 482 g/mol. The van der Waals surface area contributed by atoms with Gasteiger partial charge in [-0.25, -0.2) is 9.34 Å². The van der Waals surface area contributed by atoms with Crippen molar-refractivity contribution >= 4 is 7.67 Å². The van der Waals surface area contributed by atoms with E-state index in [-0.39, 0.29) is 52.6 Å². The Balaban J connectivity index is 2.14. The van der Waals surface area contributed by atoms with Crippen LogP contribution in [0.15, 0.2) is 0 Å². The number of morpholine rings is 2. The molecule has 0 aromatic heterocycles. The third kappa shape index (κ3) is 4.90. The molecular formula is C14H20F9N2O4P. The van der Waals surface area contributed by atoms with Crippen molar-refractivity contribution in [1.82, 2.24) is 9.34 Å². The lowest BCUT2D eigenvalue weighted by molar-refractivity contribution is -0.397. The molecule has 0 spiro atoms. The molecule has 2 fully saturated rings. The summed E-state index contributed by atoms with van der Waals surface area (Å²) in [7, 11) is -4.06. The predicted molar refractivity (Wildman–Crippen MR) is 83.9 cm³/mol. The maximum Gasteiger partial charge on any atom is 0.460 e. The first-order chi connectivity index (χ1) is 13.7. The van der Waals surface area contributed by atoms with Crippen molar-refractivity contribution in [3.63, 3.8) is 0 Å². The Bertz CT molecular complexity index is 601. The van der Waals surface area contributed by atoms with Gasteiger partial charge >= 0.3 is 31.6 Å². The highest BCUT2D eigenvalue weighted by atomic mass is 31.2. The fourth-order valence-electron chi connectivity index (χ4n) is 2.81. The lowest BCUT2D eigenvalue weighted by atomic mass is 10.0. The molecule has 0 aliphatic carbocycles. The SMILES string of the molecule is O=P(OCCC(F)(F)C(F)(F)C(F)(F)C(F)(F)F)(N1CCOCC1)N1CCOCC1. The second kappa shape index (κ2) is 9.10. The molecule has 178 valence electrons. The minimum Gasteiger partial charge on any atom is -0.379 e. The molecule has 6 nitrogen and oxygen atoms in total. The highest BCUT2D eigenvalue weighted by Crippen LogP contribution is 2.57. The van der Waals surface area contributed by atoms with Gasteiger partial charge in [-0.1, -0.05) is 0 Å². The minimum atomic E-state index is -6.97. The second-order valence-corrected chi connectivity index (χ2v) is 8.93. The van der Waals surface area contributed by atoms with Crippen LogP contribution in [0, 0.1) is 0 Å². The van der Waals surface area contributed by atoms with Gasteiger partial charge in [0.1, 0.15) is 0 Å². The zero-order chi connectivity index (χ0) is 22.8. The Morgan fingerprint density at radius 2 is 1.13 bits per heavy atom. The van der Waals surface area contributed by atoms with Gasteiger partial charge in [-0.3, -0.25) is 4.57 Å². The van der Waals surface area contributed by atoms with Crippen molar-refractivity contribution in [2.75, 3.05) is 59.2 Å². The summed E-state index contributed by atoms with van der Waals surface area (Å²) in [6.45, 7) is -0.787. The van der Waals surface area contributed by atoms with Crippen LogP contribution >= 0.6 is 7.67 Å². The minimum absolute atomic E-state index is 0.0489. The summed E-state index contributed by atoms with van der Waals surface area (Å²) in [5.41, 5.74) is 0. The first-order valence-corrected chi connectivity index (χ1v) is 10.3. The Morgan fingerprint density at radius 3 is 1.50 bits per heavy atom. The number of halogens is 9. The van der Waals surface area contributed by atoms with Gasteiger partial charge in [0.2, 0.25) is 0 Å². The fourth-order valence-corrected chi connectivity index (χ4v) is 5.16. The summed E-state index contributed by atoms with van der Waals surface area (Å²) in [5.74, 6) is -19.5. The summed E-state index contributed by atoms with van der Waals surface area (Å²) in [6.07, 6.45) is -9.10. The molecule has 2 heterocycles. The molecule has 0 aromatic carbocycles. The Morgan fingerprint density at radius 1 is 0.733 bits per heavy atom. The third-order valence-corrected chi connectivity index (χ3v) is 7.32. The summed E-state index contributed by atoms with van der Waals surface area (Å²) >= 11 is 0. The van der Waals surface area contributed by atoms with E-state index in [0.717, 1.165) is 0 Å². The number of hydrogen-bond acceptors (Lipinski definition) is 4. The van der Waals surface area contributed by atoms with Crippen LogP contribution in [0.1, 0.15) is 6.42 Å². The largest absolute Gasteiger partial charge is 0.460 e. The first kappa shape index (κ1) is 25.7. The predicted octanol–water partition coefficient (Wildman–Crippen LogP) is 3.63. The molecule has 2 aliphatic heterocycles. The Kier molecular flexibility index (Phi) is 7.78. The van der Waals surface area contributed by atoms with Gasteiger partial charge in [-0.05, 0) is 0 Å². The maximum atomic E-state index is 13.7. The van der Waals surface area contributed by atoms with Gasteiger partial charge in [-0.2, -0.15) is 39.5 Å². The molecule has 0 N–H and O–H groups in total. The maximum absolute atomic E-state index is 13.7. The van der Waals surface area contributed by atoms with Crippen molar-refractivity contribution in [3.05, 3.63) is 0 Å². The molecule has 0 amide bonds. The van der Waals surface area contributed by atoms with E-state index < -0.39 is 44.6 Å². The summed E-state index contributed by atoms with van der Waals surface area (Å²) in [4.78, 5) is 0. The van der Waals surface area contributed by atoms with Gasteiger partial charge in [-0.15, -0.1) is 0 Å². The number of alkyl halides is 9. The van der Waals surface area contributed by atoms with Crippen molar-refractivity contribution < 1.29 is 58.1 Å². The molecular weight excluding hydrogens is 462 g/mol. The molecule has 2 saturated heterocycles. The van der Waals surface area contributed by atoms with Crippen LogP contribution in [-0.4, -0.2) is 92.5 Å². The van der Waals surface area contributed by atoms with Gasteiger partial charge in [0, 0.05) is 32.6 Å². The highest BCUT2D eigenvalue weighted by molar-refractivity contribution is 7.54. The lowest BCUT2D eigenvalue weighted by Crippen LogP contribution is -2.61. The lowest BCUT2D eigenvalue weighted by Gasteiger charge is -2.41. The van der Waals surface area contributed by atoms with Crippen molar-refractivity contribution in [1.29, 1.82) is 0 Å². The van der Waals surface area contributed by atoms with Gasteiger partial charge in [0.15, 0.2) is 0 Å². The van der Waals surface area contributed by atoms with Crippen LogP contribution in [0.5, 0.6) is 0 Å². The molecule has 0 atom stereocenters. The zero-order valence-electron chi connectivity index (χ0n) is 15.4. The van der Waals surface area contributed by atoms with E-state index >= 15 is 0 Å². The van der Waals surface area contributed by atoms with E-state index in [1.807, 2.05) is 0 Å². The number of rotatable bonds is 8. The normalized spacial score (nSPS) is 21.8. The third-order valence-electron chi connectivity index (χ3n) is 4.58. The van der Waals surface area contributed by atoms with Crippen LogP contribution in [0.25, 0.3) is 0 Å². The van der Waals surface area contributed by atoms with Crippen LogP contribution < -0.4 is 0 Å². The molecule has 0 aromatic rings. The molecule has 30 heavy (non-hydrogen) atoms. The monoisotopic (exact) mass is 482 g/mol. The zero-order valence-corrected chi connectivity index (χ0v) is 16.3. The van der Waals surface area contributed by atoms with Crippen molar-refractivity contribution in [2.24, 2.45) is 0 Å². The van der Waals surface area contributed by atoms with E-state index in [2.05, 4.69) is 0 Å². The summed E-state index contributed by atoms with van der Waals surface area (Å²) in [6, 6.07) is 0. The number of hydrogen-bond donors (Lipinski definition) is 0. The van der Waals surface area contributed by atoms with Gasteiger partial charge in [0.25, 0.3) is 0 Å². The molecule has 0 bridgehead atoms. The molecule has 0 radical (unpaired) electrons. The quantitative estimate of drug-likeness (QED) is 0.389. The van der Waals surface area contributed by atoms with Crippen LogP contribution in [0.3, 0.4) is 0 Å². The Labute approximate surface area is 165 Å². The number of ether oxygens (including phenoxy) is 2. The van der Waals surface area contributed by atoms with Gasteiger partial charge < -0.3 is 14.0 Å². The average Bonchev–Trinajstić information content (AvgIpc) is 2.68. The van der Waals surface area contributed by atoms with E-state index in [9.17, 15) is 44.1 Å².